The van der Waals surface area contributed by atoms with E-state index in [9.17, 15) is 8.42 Å². The Balaban J connectivity index is 2.34. The van der Waals surface area contributed by atoms with Crippen LogP contribution in [0.1, 0.15) is 6.92 Å². The van der Waals surface area contributed by atoms with Crippen LogP contribution in [-0.2, 0) is 9.84 Å². The van der Waals surface area contributed by atoms with E-state index < -0.39 is 15.2 Å². The highest BCUT2D eigenvalue weighted by molar-refractivity contribution is 8.01. The molecule has 1 aliphatic heterocycles. The van der Waals surface area contributed by atoms with Gasteiger partial charge < -0.3 is 4.90 Å². The highest BCUT2D eigenvalue weighted by Gasteiger charge is 2.33. The van der Waals surface area contributed by atoms with Crippen LogP contribution in [0.15, 0.2) is 12.3 Å². The molecule has 2 heterocycles. The summed E-state index contributed by atoms with van der Waals surface area (Å²) in [5.41, 5.74) is 0. The number of rotatable bonds is 3. The maximum absolute atomic E-state index is 12.1. The number of halogens is 1. The second kappa shape index (κ2) is 5.63. The fourth-order valence-corrected chi connectivity index (χ4v) is 4.94. The predicted octanol–water partition coefficient (Wildman–Crippen LogP) is 1.44. The van der Waals surface area contributed by atoms with Crippen molar-refractivity contribution in [2.24, 2.45) is 0 Å². The van der Waals surface area contributed by atoms with Gasteiger partial charge in [-0.3, -0.25) is 0 Å². The largest absolute Gasteiger partial charge is 0.338 e. The van der Waals surface area contributed by atoms with E-state index in [1.165, 1.54) is 0 Å². The Labute approximate surface area is 116 Å². The Hall–Kier alpha value is -0.530. The third kappa shape index (κ3) is 2.89. The van der Waals surface area contributed by atoms with Crippen LogP contribution in [0.25, 0.3) is 0 Å². The van der Waals surface area contributed by atoms with Gasteiger partial charge in [-0.1, -0.05) is 6.92 Å². The number of sulfone groups is 1. The van der Waals surface area contributed by atoms with Gasteiger partial charge in [0.2, 0.25) is 5.28 Å². The van der Waals surface area contributed by atoms with Crippen molar-refractivity contribution in [2.75, 3.05) is 28.7 Å². The molecule has 5 nitrogen and oxygen atoms in total. The molecule has 1 fully saturated rings. The normalized spacial score (nSPS) is 21.0. The smallest absolute Gasteiger partial charge is 0.224 e. The number of aromatic nitrogens is 2. The first-order valence-corrected chi connectivity index (χ1v) is 8.84. The van der Waals surface area contributed by atoms with Crippen molar-refractivity contribution in [3.63, 3.8) is 0 Å². The highest BCUT2D eigenvalue weighted by Crippen LogP contribution is 2.26. The fourth-order valence-electron chi connectivity index (χ4n) is 1.82. The Kier molecular flexibility index (Phi) is 4.34. The molecule has 0 N–H and O–H groups in total. The molecule has 0 aliphatic carbocycles. The summed E-state index contributed by atoms with van der Waals surface area (Å²) < 4.78 is 24.2. The van der Waals surface area contributed by atoms with E-state index in [0.29, 0.717) is 18.1 Å². The summed E-state index contributed by atoms with van der Waals surface area (Å²) in [5, 5.41) is -0.384. The van der Waals surface area contributed by atoms with Crippen molar-refractivity contribution < 1.29 is 8.42 Å². The molecule has 0 aromatic carbocycles. The molecule has 8 heteroatoms. The molecule has 100 valence electrons. The third-order valence-corrected chi connectivity index (χ3v) is 6.28. The van der Waals surface area contributed by atoms with E-state index in [-0.39, 0.29) is 11.0 Å². The Morgan fingerprint density at radius 1 is 1.61 bits per heavy atom. The molecular weight excluding hydrogens is 294 g/mol. The van der Waals surface area contributed by atoms with Gasteiger partial charge in [-0.25, -0.2) is 18.4 Å². The van der Waals surface area contributed by atoms with Crippen molar-refractivity contribution in [2.45, 2.75) is 12.3 Å². The fraction of sp³-hybridized carbons (Fsp3) is 0.600. The second-order valence-corrected chi connectivity index (χ2v) is 7.79. The van der Waals surface area contributed by atoms with E-state index in [1.54, 1.807) is 30.9 Å². The number of nitrogens with zero attached hydrogens (tertiary/aromatic N) is 3. The number of anilines is 1. The Morgan fingerprint density at radius 3 is 3.06 bits per heavy atom. The topological polar surface area (TPSA) is 63.2 Å². The zero-order chi connectivity index (χ0) is 13.2. The zero-order valence-electron chi connectivity index (χ0n) is 9.91. The van der Waals surface area contributed by atoms with Crippen LogP contribution in [0.4, 0.5) is 5.82 Å². The van der Waals surface area contributed by atoms with Gasteiger partial charge in [0.1, 0.15) is 11.2 Å². The van der Waals surface area contributed by atoms with Crippen molar-refractivity contribution in [1.29, 1.82) is 0 Å². The molecule has 1 aliphatic rings. The lowest BCUT2D eigenvalue weighted by Gasteiger charge is -2.35. The van der Waals surface area contributed by atoms with Gasteiger partial charge in [-0.2, -0.15) is 11.8 Å². The number of hydrogen-bond acceptors (Lipinski definition) is 6. The lowest BCUT2D eigenvalue weighted by molar-refractivity contribution is 0.579. The number of hydrogen-bond donors (Lipinski definition) is 0. The van der Waals surface area contributed by atoms with Gasteiger partial charge in [0.15, 0.2) is 9.84 Å². The first-order chi connectivity index (χ1) is 8.54. The summed E-state index contributed by atoms with van der Waals surface area (Å²) in [5.74, 6) is 2.17. The lowest BCUT2D eigenvalue weighted by Crippen LogP contribution is -2.48. The van der Waals surface area contributed by atoms with Crippen molar-refractivity contribution in [1.82, 2.24) is 9.97 Å². The third-order valence-electron chi connectivity index (χ3n) is 2.81. The summed E-state index contributed by atoms with van der Waals surface area (Å²) in [7, 11) is -3.13. The van der Waals surface area contributed by atoms with E-state index in [1.807, 2.05) is 4.90 Å². The van der Waals surface area contributed by atoms with Crippen molar-refractivity contribution in [3.05, 3.63) is 17.5 Å². The maximum atomic E-state index is 12.1. The minimum absolute atomic E-state index is 0.132. The monoisotopic (exact) mass is 307 g/mol. The van der Waals surface area contributed by atoms with Crippen LogP contribution < -0.4 is 4.90 Å². The number of thioether (sulfide) groups is 1. The van der Waals surface area contributed by atoms with E-state index in [2.05, 4.69) is 9.97 Å². The first-order valence-electron chi connectivity index (χ1n) is 5.59. The molecular formula is C10H14ClN3O2S2. The SMILES string of the molecule is CCS(=O)(=O)C1CSCCN1c1ccnc(Cl)n1. The van der Waals surface area contributed by atoms with Crippen molar-refractivity contribution in [3.8, 4) is 0 Å². The molecule has 0 amide bonds. The molecule has 18 heavy (non-hydrogen) atoms. The minimum Gasteiger partial charge on any atom is -0.338 e. The average molecular weight is 308 g/mol. The molecule has 1 atom stereocenters. The first kappa shape index (κ1) is 13.9. The maximum Gasteiger partial charge on any atom is 0.224 e. The predicted molar refractivity (Wildman–Crippen MR) is 75.0 cm³/mol. The summed E-state index contributed by atoms with van der Waals surface area (Å²) in [4.78, 5) is 9.72. The van der Waals surface area contributed by atoms with Crippen LogP contribution in [0.3, 0.4) is 0 Å². The molecule has 2 rings (SSSR count). The van der Waals surface area contributed by atoms with Gasteiger partial charge in [0, 0.05) is 30.0 Å². The summed E-state index contributed by atoms with van der Waals surface area (Å²) in [6.07, 6.45) is 1.54. The van der Waals surface area contributed by atoms with Gasteiger partial charge in [0.25, 0.3) is 0 Å². The molecule has 1 aromatic heterocycles. The molecule has 1 saturated heterocycles. The molecule has 1 unspecified atom stereocenters. The van der Waals surface area contributed by atoms with E-state index in [0.717, 1.165) is 5.75 Å². The summed E-state index contributed by atoms with van der Waals surface area (Å²) >= 11 is 7.41. The van der Waals surface area contributed by atoms with Crippen LogP contribution in [0.5, 0.6) is 0 Å². The molecule has 0 saturated carbocycles. The van der Waals surface area contributed by atoms with Gasteiger partial charge in [0.05, 0.1) is 0 Å². The summed E-state index contributed by atoms with van der Waals surface area (Å²) in [6, 6.07) is 1.69. The van der Waals surface area contributed by atoms with Crippen LogP contribution in [0.2, 0.25) is 5.28 Å². The van der Waals surface area contributed by atoms with Crippen LogP contribution in [0, 0.1) is 0 Å². The highest BCUT2D eigenvalue weighted by atomic mass is 35.5. The van der Waals surface area contributed by atoms with Gasteiger partial charge in [-0.05, 0) is 17.7 Å². The standard InChI is InChI=1S/C10H14ClN3O2S2/c1-2-18(15,16)9-7-17-6-5-14(9)8-3-4-12-10(11)13-8/h3-4,9H,2,5-7H2,1H3. The average Bonchev–Trinajstić information content (AvgIpc) is 2.39. The quantitative estimate of drug-likeness (QED) is 0.788. The van der Waals surface area contributed by atoms with E-state index in [4.69, 9.17) is 11.6 Å². The second-order valence-electron chi connectivity index (χ2n) is 3.86. The Morgan fingerprint density at radius 2 is 2.39 bits per heavy atom. The molecule has 0 spiro atoms. The van der Waals surface area contributed by atoms with Crippen molar-refractivity contribution >= 4 is 39.0 Å². The van der Waals surface area contributed by atoms with E-state index >= 15 is 0 Å². The van der Waals surface area contributed by atoms with Crippen LogP contribution in [-0.4, -0.2) is 47.6 Å². The Bertz CT molecular complexity index is 524. The zero-order valence-corrected chi connectivity index (χ0v) is 12.3. The lowest BCUT2D eigenvalue weighted by atomic mass is 10.4. The molecule has 0 radical (unpaired) electrons. The van der Waals surface area contributed by atoms with Gasteiger partial charge in [-0.15, -0.1) is 0 Å². The van der Waals surface area contributed by atoms with Gasteiger partial charge >= 0.3 is 0 Å². The minimum atomic E-state index is -3.13. The summed E-state index contributed by atoms with van der Waals surface area (Å²) in [6.45, 7) is 2.32. The molecule has 1 aromatic rings. The molecule has 0 bridgehead atoms. The van der Waals surface area contributed by atoms with Crippen LogP contribution >= 0.6 is 23.4 Å².